The van der Waals surface area contributed by atoms with Gasteiger partial charge in [-0.05, 0) is 27.7 Å². The van der Waals surface area contributed by atoms with Gasteiger partial charge >= 0.3 is 0 Å². The standard InChI is InChI=1S/C15H18N4O3S/c1-10-13(20)18(15(2,3)4)14(23-10)17-16-9-11-6-5-7-12(8-11)19(21)22/h5-10H,1-4H3/b16-9+,17-14-. The fraction of sp³-hybridized carbons (Fsp3) is 0.400. The Morgan fingerprint density at radius 3 is 2.70 bits per heavy atom. The minimum atomic E-state index is -0.461. The summed E-state index contributed by atoms with van der Waals surface area (Å²) in [7, 11) is 0. The number of non-ortho nitro benzene ring substituents is 1. The molecule has 1 saturated heterocycles. The lowest BCUT2D eigenvalue weighted by molar-refractivity contribution is -0.384. The van der Waals surface area contributed by atoms with Crippen molar-refractivity contribution in [2.24, 2.45) is 10.2 Å². The lowest BCUT2D eigenvalue weighted by atomic mass is 10.1. The van der Waals surface area contributed by atoms with E-state index in [4.69, 9.17) is 0 Å². The SMILES string of the molecule is CC1S/C(=N\N=C\c2cccc([N+](=O)[O-])c2)N(C(C)(C)C)C1=O. The van der Waals surface area contributed by atoms with Crippen LogP contribution in [0.15, 0.2) is 34.5 Å². The van der Waals surface area contributed by atoms with Gasteiger partial charge in [0.05, 0.1) is 16.4 Å². The molecule has 0 radical (unpaired) electrons. The number of carbonyl (C=O) groups is 1. The summed E-state index contributed by atoms with van der Waals surface area (Å²) in [6.07, 6.45) is 1.44. The zero-order chi connectivity index (χ0) is 17.2. The second kappa shape index (κ2) is 6.49. The van der Waals surface area contributed by atoms with Gasteiger partial charge in [-0.3, -0.25) is 19.8 Å². The highest BCUT2D eigenvalue weighted by atomic mass is 32.2. The molecule has 1 aromatic carbocycles. The zero-order valence-corrected chi connectivity index (χ0v) is 14.2. The van der Waals surface area contributed by atoms with E-state index in [1.165, 1.54) is 30.1 Å². The number of thioether (sulfide) groups is 1. The molecule has 0 aliphatic carbocycles. The third-order valence-corrected chi connectivity index (χ3v) is 4.17. The molecule has 8 heteroatoms. The van der Waals surface area contributed by atoms with E-state index in [2.05, 4.69) is 10.2 Å². The highest BCUT2D eigenvalue weighted by Crippen LogP contribution is 2.32. The van der Waals surface area contributed by atoms with Crippen molar-refractivity contribution >= 4 is 34.7 Å². The van der Waals surface area contributed by atoms with Gasteiger partial charge in [0.15, 0.2) is 5.17 Å². The first-order valence-corrected chi connectivity index (χ1v) is 7.94. The summed E-state index contributed by atoms with van der Waals surface area (Å²) in [6.45, 7) is 7.63. The van der Waals surface area contributed by atoms with Gasteiger partial charge in [-0.1, -0.05) is 23.9 Å². The van der Waals surface area contributed by atoms with Crippen LogP contribution in [0.4, 0.5) is 5.69 Å². The predicted molar refractivity (Wildman–Crippen MR) is 91.8 cm³/mol. The van der Waals surface area contributed by atoms with E-state index in [1.54, 1.807) is 17.0 Å². The summed E-state index contributed by atoms with van der Waals surface area (Å²) in [5, 5.41) is 19.2. The van der Waals surface area contributed by atoms with Crippen LogP contribution >= 0.6 is 11.8 Å². The van der Waals surface area contributed by atoms with E-state index in [0.29, 0.717) is 10.7 Å². The van der Waals surface area contributed by atoms with Crippen LogP contribution in [-0.2, 0) is 4.79 Å². The number of nitro benzene ring substituents is 1. The third-order valence-electron chi connectivity index (χ3n) is 3.14. The van der Waals surface area contributed by atoms with Crippen LogP contribution < -0.4 is 0 Å². The molecule has 0 spiro atoms. The molecule has 1 fully saturated rings. The number of carbonyl (C=O) groups excluding carboxylic acids is 1. The fourth-order valence-electron chi connectivity index (χ4n) is 2.09. The lowest BCUT2D eigenvalue weighted by Crippen LogP contribution is -2.45. The molecule has 2 rings (SSSR count). The van der Waals surface area contributed by atoms with Crippen molar-refractivity contribution in [2.75, 3.05) is 0 Å². The fourth-order valence-corrected chi connectivity index (χ4v) is 3.17. The number of hydrogen-bond donors (Lipinski definition) is 0. The molecular weight excluding hydrogens is 316 g/mol. The van der Waals surface area contributed by atoms with Gasteiger partial charge in [-0.2, -0.15) is 5.10 Å². The van der Waals surface area contributed by atoms with Crippen LogP contribution in [0.25, 0.3) is 0 Å². The van der Waals surface area contributed by atoms with Gasteiger partial charge in [0, 0.05) is 23.2 Å². The molecule has 0 aromatic heterocycles. The summed E-state index contributed by atoms with van der Waals surface area (Å²) < 4.78 is 0. The van der Waals surface area contributed by atoms with E-state index in [-0.39, 0.29) is 22.4 Å². The Bertz CT molecular complexity index is 694. The summed E-state index contributed by atoms with van der Waals surface area (Å²) in [4.78, 5) is 24.1. The first-order chi connectivity index (χ1) is 10.7. The van der Waals surface area contributed by atoms with Crippen molar-refractivity contribution in [1.29, 1.82) is 0 Å². The Hall–Kier alpha value is -2.22. The van der Waals surface area contributed by atoms with Gasteiger partial charge in [0.1, 0.15) is 0 Å². The molecule has 7 nitrogen and oxygen atoms in total. The highest BCUT2D eigenvalue weighted by Gasteiger charge is 2.41. The molecule has 1 aromatic rings. The number of rotatable bonds is 3. The topological polar surface area (TPSA) is 88.2 Å². The van der Waals surface area contributed by atoms with Gasteiger partial charge in [0.2, 0.25) is 5.91 Å². The van der Waals surface area contributed by atoms with Crippen LogP contribution in [0, 0.1) is 10.1 Å². The zero-order valence-electron chi connectivity index (χ0n) is 13.4. The van der Waals surface area contributed by atoms with Crippen molar-refractivity contribution in [3.63, 3.8) is 0 Å². The van der Waals surface area contributed by atoms with E-state index in [0.717, 1.165) is 0 Å². The monoisotopic (exact) mass is 334 g/mol. The van der Waals surface area contributed by atoms with E-state index >= 15 is 0 Å². The lowest BCUT2D eigenvalue weighted by Gasteiger charge is -2.30. The molecular formula is C15H18N4O3S. The van der Waals surface area contributed by atoms with Crippen molar-refractivity contribution in [3.8, 4) is 0 Å². The molecule has 1 amide bonds. The van der Waals surface area contributed by atoms with Crippen molar-refractivity contribution in [3.05, 3.63) is 39.9 Å². The molecule has 122 valence electrons. The van der Waals surface area contributed by atoms with Crippen LogP contribution in [0.1, 0.15) is 33.3 Å². The maximum Gasteiger partial charge on any atom is 0.270 e. The quantitative estimate of drug-likeness (QED) is 0.483. The van der Waals surface area contributed by atoms with E-state index < -0.39 is 4.92 Å². The molecule has 1 aliphatic heterocycles. The average Bonchev–Trinajstić information content (AvgIpc) is 2.74. The maximum absolute atomic E-state index is 12.2. The van der Waals surface area contributed by atoms with Crippen LogP contribution in [0.2, 0.25) is 0 Å². The summed E-state index contributed by atoms with van der Waals surface area (Å²) in [5.41, 5.74) is 0.194. The van der Waals surface area contributed by atoms with E-state index in [9.17, 15) is 14.9 Å². The minimum Gasteiger partial charge on any atom is -0.283 e. The molecule has 1 aliphatic rings. The van der Waals surface area contributed by atoms with Gasteiger partial charge in [-0.15, -0.1) is 5.10 Å². The van der Waals surface area contributed by atoms with Crippen molar-refractivity contribution in [2.45, 2.75) is 38.5 Å². The number of nitro groups is 1. The number of amides is 1. The van der Waals surface area contributed by atoms with Crippen LogP contribution in [0.3, 0.4) is 0 Å². The Kier molecular flexibility index (Phi) is 4.84. The van der Waals surface area contributed by atoms with Gasteiger partial charge in [0.25, 0.3) is 5.69 Å². The molecule has 1 atom stereocenters. The first-order valence-electron chi connectivity index (χ1n) is 7.06. The number of nitrogens with zero attached hydrogens (tertiary/aromatic N) is 4. The van der Waals surface area contributed by atoms with Gasteiger partial charge in [-0.25, -0.2) is 0 Å². The molecule has 0 bridgehead atoms. The molecule has 0 saturated carbocycles. The average molecular weight is 334 g/mol. The second-order valence-corrected chi connectivity index (χ2v) is 7.39. The maximum atomic E-state index is 12.2. The normalized spacial score (nSPS) is 20.7. The minimum absolute atomic E-state index is 0.00281. The highest BCUT2D eigenvalue weighted by molar-refractivity contribution is 8.15. The number of benzene rings is 1. The third kappa shape index (κ3) is 3.95. The van der Waals surface area contributed by atoms with Crippen LogP contribution in [0.5, 0.6) is 0 Å². The summed E-state index contributed by atoms with van der Waals surface area (Å²) in [5.74, 6) is 0.00630. The summed E-state index contributed by atoms with van der Waals surface area (Å²) in [6, 6.07) is 6.12. The van der Waals surface area contributed by atoms with Crippen molar-refractivity contribution < 1.29 is 9.72 Å². The van der Waals surface area contributed by atoms with Crippen molar-refractivity contribution in [1.82, 2.24) is 4.90 Å². The first kappa shape index (κ1) is 17.1. The Morgan fingerprint density at radius 1 is 1.39 bits per heavy atom. The molecule has 0 N–H and O–H groups in total. The smallest absolute Gasteiger partial charge is 0.270 e. The second-order valence-electron chi connectivity index (χ2n) is 6.08. The largest absolute Gasteiger partial charge is 0.283 e. The molecule has 1 unspecified atom stereocenters. The van der Waals surface area contributed by atoms with Gasteiger partial charge < -0.3 is 0 Å². The van der Waals surface area contributed by atoms with Crippen LogP contribution in [-0.4, -0.2) is 37.9 Å². The van der Waals surface area contributed by atoms with E-state index in [1.807, 2.05) is 27.7 Å². The molecule has 1 heterocycles. The molecule has 23 heavy (non-hydrogen) atoms. The Labute approximate surface area is 138 Å². The summed E-state index contributed by atoms with van der Waals surface area (Å²) >= 11 is 1.36. The number of amidine groups is 1. The number of hydrogen-bond acceptors (Lipinski definition) is 6. The predicted octanol–water partition coefficient (Wildman–Crippen LogP) is 3.05. The Balaban J connectivity index is 2.23. The Morgan fingerprint density at radius 2 is 2.09 bits per heavy atom.